The predicted octanol–water partition coefficient (Wildman–Crippen LogP) is 4.37. The minimum atomic E-state index is 0.731. The highest BCUT2D eigenvalue weighted by atomic mass is 79.9. The monoisotopic (exact) mass is 312 g/mol. The zero-order chi connectivity index (χ0) is 12.3. The third-order valence-electron chi connectivity index (χ3n) is 2.67. The molecule has 0 spiro atoms. The summed E-state index contributed by atoms with van der Waals surface area (Å²) in [4.78, 5) is 0. The van der Waals surface area contributed by atoms with Crippen LogP contribution in [0.15, 0.2) is 30.5 Å². The average Bonchev–Trinajstić information content (AvgIpc) is 2.73. The first-order valence-corrected chi connectivity index (χ1v) is 7.14. The fourth-order valence-electron chi connectivity index (χ4n) is 1.85. The van der Waals surface area contributed by atoms with Gasteiger partial charge in [-0.2, -0.15) is 5.10 Å². The number of hydrogen-bond acceptors (Lipinski definition) is 1. The van der Waals surface area contributed by atoms with Crippen molar-refractivity contribution in [3.05, 3.63) is 46.7 Å². The molecule has 1 aromatic heterocycles. The maximum Gasteiger partial charge on any atom is 0.0835 e. The second kappa shape index (κ2) is 5.69. The van der Waals surface area contributed by atoms with Crippen LogP contribution in [-0.2, 0) is 11.8 Å². The first-order valence-electron chi connectivity index (χ1n) is 5.64. The first-order chi connectivity index (χ1) is 8.27. The van der Waals surface area contributed by atoms with Crippen molar-refractivity contribution in [3.8, 4) is 5.69 Å². The Labute approximate surface area is 115 Å². The summed E-state index contributed by atoms with van der Waals surface area (Å²) in [7, 11) is 0. The van der Waals surface area contributed by atoms with E-state index in [1.54, 1.807) is 0 Å². The Kier molecular flexibility index (Phi) is 4.24. The summed E-state index contributed by atoms with van der Waals surface area (Å²) in [5.41, 5.74) is 3.41. The molecule has 0 unspecified atom stereocenters. The van der Waals surface area contributed by atoms with Crippen LogP contribution < -0.4 is 0 Å². The molecule has 1 heterocycles. The molecule has 0 bridgehead atoms. The average molecular weight is 314 g/mol. The fraction of sp³-hybridized carbons (Fsp3) is 0.308. The third kappa shape index (κ3) is 2.55. The minimum absolute atomic E-state index is 0.731. The summed E-state index contributed by atoms with van der Waals surface area (Å²) in [6.07, 6.45) is 4.01. The van der Waals surface area contributed by atoms with Crippen molar-refractivity contribution in [3.63, 3.8) is 0 Å². The van der Waals surface area contributed by atoms with Crippen LogP contribution in [0.5, 0.6) is 0 Å². The van der Waals surface area contributed by atoms with Crippen molar-refractivity contribution in [2.24, 2.45) is 0 Å². The van der Waals surface area contributed by atoms with Crippen LogP contribution in [0.1, 0.15) is 24.6 Å². The van der Waals surface area contributed by atoms with Gasteiger partial charge < -0.3 is 0 Å². The SMILES string of the molecule is CCCc1c(CBr)cnn1-c1ccccc1Cl. The molecule has 0 radical (unpaired) electrons. The molecule has 0 aliphatic rings. The van der Waals surface area contributed by atoms with Crippen molar-refractivity contribution >= 4 is 27.5 Å². The second-order valence-corrected chi connectivity index (χ2v) is 4.83. The Morgan fingerprint density at radius 1 is 1.35 bits per heavy atom. The van der Waals surface area contributed by atoms with Gasteiger partial charge >= 0.3 is 0 Å². The van der Waals surface area contributed by atoms with Gasteiger partial charge in [0.05, 0.1) is 16.9 Å². The molecule has 4 heteroatoms. The van der Waals surface area contributed by atoms with Gasteiger partial charge in [0.25, 0.3) is 0 Å². The Bertz CT molecular complexity index is 508. The van der Waals surface area contributed by atoms with E-state index in [4.69, 9.17) is 11.6 Å². The Hall–Kier alpha value is -0.800. The standard InChI is InChI=1S/C13H14BrClN2/c1-2-5-12-10(8-14)9-16-17(12)13-7-4-3-6-11(13)15/h3-4,6-7,9H,2,5,8H2,1H3. The highest BCUT2D eigenvalue weighted by Gasteiger charge is 2.12. The zero-order valence-electron chi connectivity index (χ0n) is 9.66. The van der Waals surface area contributed by atoms with E-state index >= 15 is 0 Å². The van der Waals surface area contributed by atoms with Crippen molar-refractivity contribution in [1.29, 1.82) is 0 Å². The van der Waals surface area contributed by atoms with E-state index in [1.807, 2.05) is 35.1 Å². The van der Waals surface area contributed by atoms with Crippen LogP contribution in [0.4, 0.5) is 0 Å². The summed E-state index contributed by atoms with van der Waals surface area (Å²) < 4.78 is 1.95. The van der Waals surface area contributed by atoms with Gasteiger partial charge in [0, 0.05) is 16.6 Å². The molecule has 2 aromatic rings. The summed E-state index contributed by atoms with van der Waals surface area (Å²) in [6, 6.07) is 7.79. The lowest BCUT2D eigenvalue weighted by Crippen LogP contribution is -2.03. The quantitative estimate of drug-likeness (QED) is 0.766. The van der Waals surface area contributed by atoms with Crippen molar-refractivity contribution in [1.82, 2.24) is 9.78 Å². The molecule has 0 atom stereocenters. The molecule has 0 aliphatic carbocycles. The number of aromatic nitrogens is 2. The molecule has 0 amide bonds. The van der Waals surface area contributed by atoms with Crippen LogP contribution in [0.3, 0.4) is 0 Å². The summed E-state index contributed by atoms with van der Waals surface area (Å²) in [6.45, 7) is 2.17. The van der Waals surface area contributed by atoms with Crippen LogP contribution in [0.25, 0.3) is 5.69 Å². The Balaban J connectivity index is 2.52. The molecule has 1 aromatic carbocycles. The molecule has 0 fully saturated rings. The largest absolute Gasteiger partial charge is 0.236 e. The molecule has 2 rings (SSSR count). The summed E-state index contributed by atoms with van der Waals surface area (Å²) >= 11 is 9.71. The van der Waals surface area contributed by atoms with Crippen molar-refractivity contribution in [2.75, 3.05) is 0 Å². The maximum absolute atomic E-state index is 6.21. The number of alkyl halides is 1. The van der Waals surface area contributed by atoms with Gasteiger partial charge in [-0.3, -0.25) is 0 Å². The number of para-hydroxylation sites is 1. The molecule has 17 heavy (non-hydrogen) atoms. The highest BCUT2D eigenvalue weighted by Crippen LogP contribution is 2.24. The van der Waals surface area contributed by atoms with E-state index in [-0.39, 0.29) is 0 Å². The van der Waals surface area contributed by atoms with Crippen molar-refractivity contribution in [2.45, 2.75) is 25.1 Å². The van der Waals surface area contributed by atoms with E-state index < -0.39 is 0 Å². The van der Waals surface area contributed by atoms with Gasteiger partial charge in [0.2, 0.25) is 0 Å². The summed E-state index contributed by atoms with van der Waals surface area (Å²) in [5.74, 6) is 0. The second-order valence-electron chi connectivity index (χ2n) is 3.86. The number of benzene rings is 1. The Morgan fingerprint density at radius 3 is 2.76 bits per heavy atom. The van der Waals surface area contributed by atoms with E-state index in [0.717, 1.165) is 28.9 Å². The predicted molar refractivity (Wildman–Crippen MR) is 75.2 cm³/mol. The molecule has 0 saturated heterocycles. The number of hydrogen-bond donors (Lipinski definition) is 0. The molecule has 2 nitrogen and oxygen atoms in total. The lowest BCUT2D eigenvalue weighted by Gasteiger charge is -2.09. The van der Waals surface area contributed by atoms with Crippen LogP contribution >= 0.6 is 27.5 Å². The third-order valence-corrected chi connectivity index (χ3v) is 3.59. The lowest BCUT2D eigenvalue weighted by atomic mass is 10.2. The number of nitrogens with zero attached hydrogens (tertiary/aromatic N) is 2. The molecule has 90 valence electrons. The minimum Gasteiger partial charge on any atom is -0.236 e. The molecule has 0 N–H and O–H groups in total. The van der Waals surface area contributed by atoms with Gasteiger partial charge in [-0.15, -0.1) is 0 Å². The normalized spacial score (nSPS) is 10.8. The van der Waals surface area contributed by atoms with E-state index in [2.05, 4.69) is 28.0 Å². The number of rotatable bonds is 4. The molecule has 0 aliphatic heterocycles. The van der Waals surface area contributed by atoms with Gasteiger partial charge in [-0.25, -0.2) is 4.68 Å². The highest BCUT2D eigenvalue weighted by molar-refractivity contribution is 9.08. The number of halogens is 2. The van der Waals surface area contributed by atoms with E-state index in [0.29, 0.717) is 0 Å². The first kappa shape index (κ1) is 12.7. The maximum atomic E-state index is 6.21. The van der Waals surface area contributed by atoms with Gasteiger partial charge in [-0.05, 0) is 18.6 Å². The molecule has 0 saturated carbocycles. The fourth-order valence-corrected chi connectivity index (χ4v) is 2.54. The zero-order valence-corrected chi connectivity index (χ0v) is 12.0. The van der Waals surface area contributed by atoms with E-state index in [9.17, 15) is 0 Å². The van der Waals surface area contributed by atoms with Crippen LogP contribution in [0, 0.1) is 0 Å². The van der Waals surface area contributed by atoms with Crippen molar-refractivity contribution < 1.29 is 0 Å². The molecular formula is C13H14BrClN2. The smallest absolute Gasteiger partial charge is 0.0835 e. The van der Waals surface area contributed by atoms with Gasteiger partial charge in [0.1, 0.15) is 0 Å². The van der Waals surface area contributed by atoms with Crippen LogP contribution in [0.2, 0.25) is 5.02 Å². The van der Waals surface area contributed by atoms with Gasteiger partial charge in [-0.1, -0.05) is 53.0 Å². The topological polar surface area (TPSA) is 17.8 Å². The van der Waals surface area contributed by atoms with E-state index in [1.165, 1.54) is 11.3 Å². The summed E-state index contributed by atoms with van der Waals surface area (Å²) in [5, 5.41) is 6.00. The molecular weight excluding hydrogens is 300 g/mol. The Morgan fingerprint density at radius 2 is 2.12 bits per heavy atom. The van der Waals surface area contributed by atoms with Gasteiger partial charge in [0.15, 0.2) is 0 Å². The lowest BCUT2D eigenvalue weighted by molar-refractivity contribution is 0.771. The van der Waals surface area contributed by atoms with Crippen LogP contribution in [-0.4, -0.2) is 9.78 Å².